The van der Waals surface area contributed by atoms with E-state index in [4.69, 9.17) is 4.74 Å². The van der Waals surface area contributed by atoms with Crippen molar-refractivity contribution >= 4 is 16.9 Å². The van der Waals surface area contributed by atoms with Gasteiger partial charge in [-0.05, 0) is 18.8 Å². The number of thioether (sulfide) groups is 1. The Balaban J connectivity index is 2.54. The Morgan fingerprint density at radius 3 is 2.69 bits per heavy atom. The molecule has 0 saturated heterocycles. The van der Waals surface area contributed by atoms with E-state index in [0.29, 0.717) is 23.9 Å². The van der Waals surface area contributed by atoms with Crippen LogP contribution in [0.3, 0.4) is 0 Å². The second-order valence-corrected chi connectivity index (χ2v) is 5.92. The number of nitrogens with one attached hydrogen (secondary N) is 1. The van der Waals surface area contributed by atoms with Crippen molar-refractivity contribution in [3.05, 3.63) is 0 Å². The molecule has 0 aliphatic carbocycles. The van der Waals surface area contributed by atoms with Gasteiger partial charge in [-0.2, -0.15) is 0 Å². The van der Waals surface area contributed by atoms with E-state index in [1.54, 1.807) is 7.11 Å². The van der Waals surface area contributed by atoms with Crippen LogP contribution in [0.5, 0.6) is 0 Å². The molecular weight excluding hydrogens is 220 g/mol. The fourth-order valence-corrected chi connectivity index (χ4v) is 2.69. The van der Waals surface area contributed by atoms with Gasteiger partial charge in [0, 0.05) is 12.9 Å². The number of aliphatic imine (C=N–C) groups is 1. The molecule has 1 rings (SSSR count). The van der Waals surface area contributed by atoms with Crippen LogP contribution in [-0.2, 0) is 4.74 Å². The molecule has 0 saturated carbocycles. The molecule has 94 valence electrons. The Morgan fingerprint density at radius 1 is 1.50 bits per heavy atom. The van der Waals surface area contributed by atoms with Gasteiger partial charge in [-0.25, -0.2) is 0 Å². The third-order valence-electron chi connectivity index (χ3n) is 3.09. The van der Waals surface area contributed by atoms with E-state index in [1.807, 2.05) is 11.8 Å². The molecule has 0 bridgehead atoms. The minimum absolute atomic E-state index is 0.358. The summed E-state index contributed by atoms with van der Waals surface area (Å²) in [6.45, 7) is 9.59. The molecule has 0 aromatic rings. The summed E-state index contributed by atoms with van der Waals surface area (Å²) in [5, 5.41) is 4.58. The largest absolute Gasteiger partial charge is 0.383 e. The van der Waals surface area contributed by atoms with Gasteiger partial charge in [0.25, 0.3) is 0 Å². The molecule has 3 unspecified atom stereocenters. The average molecular weight is 244 g/mol. The van der Waals surface area contributed by atoms with Crippen LogP contribution in [-0.4, -0.2) is 36.7 Å². The first-order chi connectivity index (χ1) is 7.54. The Morgan fingerprint density at radius 2 is 2.19 bits per heavy atom. The molecule has 0 fully saturated rings. The second-order valence-electron chi connectivity index (χ2n) is 4.91. The van der Waals surface area contributed by atoms with Gasteiger partial charge in [0.15, 0.2) is 5.17 Å². The molecule has 0 radical (unpaired) electrons. The Labute approximate surface area is 103 Å². The van der Waals surface area contributed by atoms with Gasteiger partial charge in [0.1, 0.15) is 0 Å². The maximum atomic E-state index is 5.23. The number of hydrogen-bond donors (Lipinski definition) is 1. The number of ether oxygens (including phenoxy) is 1. The number of methoxy groups -OCH3 is 1. The fraction of sp³-hybridized carbons (Fsp3) is 0.917. The van der Waals surface area contributed by atoms with E-state index in [9.17, 15) is 0 Å². The van der Waals surface area contributed by atoms with Crippen molar-refractivity contribution in [3.63, 3.8) is 0 Å². The molecular formula is C12H24N2OS. The van der Waals surface area contributed by atoms with Gasteiger partial charge in [-0.1, -0.05) is 32.5 Å². The molecule has 1 aliphatic rings. The minimum Gasteiger partial charge on any atom is -0.383 e. The number of amidine groups is 1. The smallest absolute Gasteiger partial charge is 0.157 e. The maximum absolute atomic E-state index is 5.23. The fourth-order valence-electron chi connectivity index (χ4n) is 1.52. The summed E-state index contributed by atoms with van der Waals surface area (Å²) in [4.78, 5) is 4.68. The van der Waals surface area contributed by atoms with Crippen LogP contribution in [0.25, 0.3) is 0 Å². The standard InChI is InChI=1S/C12H24N2OS/c1-8(2)11(6-15-5)14-12-13-10(4)9(3)7-16-12/h8-11H,6-7H2,1-5H3,(H,13,14). The third kappa shape index (κ3) is 3.98. The number of hydrogen-bond acceptors (Lipinski definition) is 4. The van der Waals surface area contributed by atoms with Crippen molar-refractivity contribution in [2.75, 3.05) is 19.5 Å². The van der Waals surface area contributed by atoms with Crippen LogP contribution in [0.2, 0.25) is 0 Å². The van der Waals surface area contributed by atoms with Gasteiger partial charge in [0.05, 0.1) is 18.7 Å². The van der Waals surface area contributed by atoms with E-state index in [1.165, 1.54) is 0 Å². The third-order valence-corrected chi connectivity index (χ3v) is 4.28. The van der Waals surface area contributed by atoms with Gasteiger partial charge < -0.3 is 10.1 Å². The topological polar surface area (TPSA) is 33.6 Å². The first-order valence-corrected chi connectivity index (χ1v) is 6.99. The van der Waals surface area contributed by atoms with Crippen LogP contribution in [0.1, 0.15) is 27.7 Å². The highest BCUT2D eigenvalue weighted by Crippen LogP contribution is 2.22. The summed E-state index contributed by atoms with van der Waals surface area (Å²) in [5.74, 6) is 2.39. The average Bonchev–Trinajstić information content (AvgIpc) is 2.22. The monoisotopic (exact) mass is 244 g/mol. The first kappa shape index (κ1) is 13.8. The lowest BCUT2D eigenvalue weighted by atomic mass is 10.1. The van der Waals surface area contributed by atoms with Crippen LogP contribution in [0.4, 0.5) is 0 Å². The van der Waals surface area contributed by atoms with Crippen molar-refractivity contribution in [1.29, 1.82) is 0 Å². The molecule has 0 aromatic heterocycles. The zero-order chi connectivity index (χ0) is 12.1. The lowest BCUT2D eigenvalue weighted by Crippen LogP contribution is -2.42. The molecule has 16 heavy (non-hydrogen) atoms. The Hall–Kier alpha value is -0.220. The minimum atomic E-state index is 0.358. The number of nitrogens with zero attached hydrogens (tertiary/aromatic N) is 1. The number of rotatable bonds is 4. The highest BCUT2D eigenvalue weighted by molar-refractivity contribution is 8.13. The van der Waals surface area contributed by atoms with Crippen molar-refractivity contribution in [3.8, 4) is 0 Å². The summed E-state index contributed by atoms with van der Waals surface area (Å²) in [7, 11) is 1.75. The summed E-state index contributed by atoms with van der Waals surface area (Å²) in [5.41, 5.74) is 0. The van der Waals surface area contributed by atoms with Gasteiger partial charge in [-0.15, -0.1) is 0 Å². The van der Waals surface area contributed by atoms with E-state index >= 15 is 0 Å². The highest BCUT2D eigenvalue weighted by atomic mass is 32.2. The van der Waals surface area contributed by atoms with E-state index in [0.717, 1.165) is 17.5 Å². The quantitative estimate of drug-likeness (QED) is 0.824. The summed E-state index contributed by atoms with van der Waals surface area (Å²) in [6, 6.07) is 0.788. The molecule has 0 aromatic carbocycles. The zero-order valence-electron chi connectivity index (χ0n) is 11.0. The van der Waals surface area contributed by atoms with E-state index < -0.39 is 0 Å². The summed E-state index contributed by atoms with van der Waals surface area (Å²) in [6.07, 6.45) is 0. The summed E-state index contributed by atoms with van der Waals surface area (Å²) < 4.78 is 5.23. The predicted molar refractivity (Wildman–Crippen MR) is 72.2 cm³/mol. The lowest BCUT2D eigenvalue weighted by molar-refractivity contribution is 0.156. The van der Waals surface area contributed by atoms with Crippen LogP contribution in [0.15, 0.2) is 4.99 Å². The van der Waals surface area contributed by atoms with Crippen LogP contribution < -0.4 is 5.32 Å². The normalized spacial score (nSPS) is 27.8. The van der Waals surface area contributed by atoms with Crippen molar-refractivity contribution in [2.24, 2.45) is 16.8 Å². The molecule has 3 nitrogen and oxygen atoms in total. The van der Waals surface area contributed by atoms with Gasteiger partial charge >= 0.3 is 0 Å². The van der Waals surface area contributed by atoms with Gasteiger partial charge in [0.2, 0.25) is 0 Å². The second kappa shape index (κ2) is 6.50. The molecule has 0 spiro atoms. The predicted octanol–water partition coefficient (Wildman–Crippen LogP) is 2.37. The molecule has 1 heterocycles. The SMILES string of the molecule is COCC(NC1=NC(C)C(C)CS1)C(C)C. The van der Waals surface area contributed by atoms with Crippen molar-refractivity contribution in [2.45, 2.75) is 39.8 Å². The first-order valence-electron chi connectivity index (χ1n) is 6.00. The zero-order valence-corrected chi connectivity index (χ0v) is 11.8. The van der Waals surface area contributed by atoms with Crippen LogP contribution >= 0.6 is 11.8 Å². The maximum Gasteiger partial charge on any atom is 0.157 e. The Bertz CT molecular complexity index is 243. The molecule has 3 atom stereocenters. The molecule has 0 amide bonds. The summed E-state index contributed by atoms with van der Waals surface area (Å²) >= 11 is 1.83. The lowest BCUT2D eigenvalue weighted by Gasteiger charge is -2.28. The highest BCUT2D eigenvalue weighted by Gasteiger charge is 2.22. The molecule has 1 aliphatic heterocycles. The van der Waals surface area contributed by atoms with E-state index in [2.05, 4.69) is 38.0 Å². The van der Waals surface area contributed by atoms with E-state index in [-0.39, 0.29) is 0 Å². The van der Waals surface area contributed by atoms with Crippen LogP contribution in [0, 0.1) is 11.8 Å². The van der Waals surface area contributed by atoms with Gasteiger partial charge in [-0.3, -0.25) is 4.99 Å². The molecule has 1 N–H and O–H groups in total. The van der Waals surface area contributed by atoms with Crippen molar-refractivity contribution < 1.29 is 4.74 Å². The molecule has 4 heteroatoms. The Kier molecular flexibility index (Phi) is 5.62. The van der Waals surface area contributed by atoms with Crippen molar-refractivity contribution in [1.82, 2.24) is 5.32 Å².